The van der Waals surface area contributed by atoms with Crippen LogP contribution in [0, 0.1) is 0 Å². The molecule has 25 heavy (non-hydrogen) atoms. The maximum atomic E-state index is 5.54. The van der Waals surface area contributed by atoms with Gasteiger partial charge in [-0.25, -0.2) is 4.99 Å². The van der Waals surface area contributed by atoms with Crippen LogP contribution in [0.3, 0.4) is 0 Å². The first-order valence-corrected chi connectivity index (χ1v) is 9.06. The van der Waals surface area contributed by atoms with Crippen LogP contribution in [0.15, 0.2) is 17.1 Å². The number of nitrogens with zero attached hydrogens (tertiary/aromatic N) is 1. The highest BCUT2D eigenvalue weighted by atomic mass is 16.5. The average Bonchev–Trinajstić information content (AvgIpc) is 2.66. The van der Waals surface area contributed by atoms with E-state index in [0.717, 1.165) is 18.1 Å². The number of benzene rings is 1. The molecular formula is C19H31N3O3. The van der Waals surface area contributed by atoms with Crippen LogP contribution in [-0.2, 0) is 6.54 Å². The number of hydrogen-bond donors (Lipinski definition) is 2. The second kappa shape index (κ2) is 10.0. The Balaban J connectivity index is 2.15. The van der Waals surface area contributed by atoms with Crippen molar-refractivity contribution in [1.29, 1.82) is 0 Å². The van der Waals surface area contributed by atoms with E-state index in [0.29, 0.717) is 29.8 Å². The molecule has 1 saturated carbocycles. The van der Waals surface area contributed by atoms with Gasteiger partial charge in [-0.15, -0.1) is 0 Å². The second-order valence-electron chi connectivity index (χ2n) is 6.17. The van der Waals surface area contributed by atoms with Crippen molar-refractivity contribution in [3.63, 3.8) is 0 Å². The van der Waals surface area contributed by atoms with Crippen LogP contribution in [0.2, 0.25) is 0 Å². The topological polar surface area (TPSA) is 64.1 Å². The van der Waals surface area contributed by atoms with Crippen molar-refractivity contribution in [2.24, 2.45) is 4.99 Å². The van der Waals surface area contributed by atoms with E-state index in [4.69, 9.17) is 19.2 Å². The molecule has 0 saturated heterocycles. The van der Waals surface area contributed by atoms with Crippen LogP contribution in [0.5, 0.6) is 17.2 Å². The van der Waals surface area contributed by atoms with Gasteiger partial charge in [0.25, 0.3) is 0 Å². The summed E-state index contributed by atoms with van der Waals surface area (Å²) < 4.78 is 16.3. The number of rotatable bonds is 7. The molecule has 0 unspecified atom stereocenters. The Kier molecular flexibility index (Phi) is 7.70. The molecule has 1 aliphatic carbocycles. The Morgan fingerprint density at radius 2 is 1.76 bits per heavy atom. The Morgan fingerprint density at radius 3 is 2.36 bits per heavy atom. The maximum Gasteiger partial charge on any atom is 0.203 e. The molecule has 0 heterocycles. The van der Waals surface area contributed by atoms with Crippen molar-refractivity contribution >= 4 is 5.96 Å². The summed E-state index contributed by atoms with van der Waals surface area (Å²) in [6.07, 6.45) is 6.35. The van der Waals surface area contributed by atoms with E-state index in [9.17, 15) is 0 Å². The number of nitrogens with one attached hydrogen (secondary N) is 2. The average molecular weight is 349 g/mol. The Bertz CT molecular complexity index is 569. The minimum Gasteiger partial charge on any atom is -0.493 e. The number of aliphatic imine (C=N–C) groups is 1. The zero-order chi connectivity index (χ0) is 18.1. The van der Waals surface area contributed by atoms with Gasteiger partial charge in [0.1, 0.15) is 0 Å². The summed E-state index contributed by atoms with van der Waals surface area (Å²) in [5.74, 6) is 2.77. The van der Waals surface area contributed by atoms with Crippen LogP contribution in [0.1, 0.15) is 44.6 Å². The molecule has 1 fully saturated rings. The van der Waals surface area contributed by atoms with Crippen LogP contribution in [-0.4, -0.2) is 39.9 Å². The second-order valence-corrected chi connectivity index (χ2v) is 6.17. The first kappa shape index (κ1) is 19.2. The third-order valence-corrected chi connectivity index (χ3v) is 4.48. The smallest absolute Gasteiger partial charge is 0.203 e. The highest BCUT2D eigenvalue weighted by molar-refractivity contribution is 5.80. The molecule has 2 N–H and O–H groups in total. The molecule has 1 aromatic rings. The minimum absolute atomic E-state index is 0.506. The first-order valence-electron chi connectivity index (χ1n) is 9.06. The molecule has 0 spiro atoms. The minimum atomic E-state index is 0.506. The number of hydrogen-bond acceptors (Lipinski definition) is 4. The molecular weight excluding hydrogens is 318 g/mol. The van der Waals surface area contributed by atoms with Crippen molar-refractivity contribution < 1.29 is 14.2 Å². The SMILES string of the molecule is CCNC(=NCc1ccc(OC)c(OC)c1OC)NC1CCCCC1. The van der Waals surface area contributed by atoms with Crippen LogP contribution in [0.25, 0.3) is 0 Å². The van der Waals surface area contributed by atoms with Gasteiger partial charge in [0.05, 0.1) is 27.9 Å². The van der Waals surface area contributed by atoms with E-state index < -0.39 is 0 Å². The lowest BCUT2D eigenvalue weighted by Crippen LogP contribution is -2.44. The predicted molar refractivity (Wildman–Crippen MR) is 101 cm³/mol. The fourth-order valence-electron chi connectivity index (χ4n) is 3.21. The van der Waals surface area contributed by atoms with Crippen LogP contribution >= 0.6 is 0 Å². The maximum absolute atomic E-state index is 5.54. The standard InChI is InChI=1S/C19H31N3O3/c1-5-20-19(22-15-9-7-6-8-10-15)21-13-14-11-12-16(23-2)18(25-4)17(14)24-3/h11-12,15H,5-10,13H2,1-4H3,(H2,20,21,22). The Hall–Kier alpha value is -2.11. The quantitative estimate of drug-likeness (QED) is 0.585. The van der Waals surface area contributed by atoms with Gasteiger partial charge in [-0.05, 0) is 31.9 Å². The molecule has 6 nitrogen and oxygen atoms in total. The largest absolute Gasteiger partial charge is 0.493 e. The lowest BCUT2D eigenvalue weighted by Gasteiger charge is -2.25. The molecule has 0 aliphatic heterocycles. The fraction of sp³-hybridized carbons (Fsp3) is 0.632. The molecule has 0 aromatic heterocycles. The van der Waals surface area contributed by atoms with E-state index >= 15 is 0 Å². The molecule has 0 bridgehead atoms. The van der Waals surface area contributed by atoms with Crippen LogP contribution < -0.4 is 24.8 Å². The molecule has 2 rings (SSSR count). The van der Waals surface area contributed by atoms with Gasteiger partial charge in [-0.1, -0.05) is 19.3 Å². The molecule has 6 heteroatoms. The summed E-state index contributed by atoms with van der Waals surface area (Å²) in [5.41, 5.74) is 0.959. The van der Waals surface area contributed by atoms with E-state index in [1.807, 2.05) is 12.1 Å². The van der Waals surface area contributed by atoms with Crippen molar-refractivity contribution in [2.75, 3.05) is 27.9 Å². The van der Waals surface area contributed by atoms with Gasteiger partial charge in [-0.2, -0.15) is 0 Å². The summed E-state index contributed by atoms with van der Waals surface area (Å²) in [6.45, 7) is 3.42. The van der Waals surface area contributed by atoms with Gasteiger partial charge in [0.15, 0.2) is 17.5 Å². The molecule has 0 atom stereocenters. The van der Waals surface area contributed by atoms with Crippen molar-refractivity contribution in [3.8, 4) is 17.2 Å². The summed E-state index contributed by atoms with van der Waals surface area (Å²) >= 11 is 0. The summed E-state index contributed by atoms with van der Waals surface area (Å²) in [7, 11) is 4.87. The van der Waals surface area contributed by atoms with E-state index in [2.05, 4.69) is 17.6 Å². The molecule has 1 aliphatic rings. The number of methoxy groups -OCH3 is 3. The predicted octanol–water partition coefficient (Wildman–Crippen LogP) is 3.10. The normalized spacial score (nSPS) is 15.6. The van der Waals surface area contributed by atoms with Crippen molar-refractivity contribution in [3.05, 3.63) is 17.7 Å². The summed E-state index contributed by atoms with van der Waals surface area (Å²) in [4.78, 5) is 4.74. The van der Waals surface area contributed by atoms with E-state index in [1.165, 1.54) is 32.1 Å². The van der Waals surface area contributed by atoms with Crippen molar-refractivity contribution in [2.45, 2.75) is 51.6 Å². The Labute approximate surface area is 151 Å². The lowest BCUT2D eigenvalue weighted by molar-refractivity contribution is 0.322. The van der Waals surface area contributed by atoms with Gasteiger partial charge < -0.3 is 24.8 Å². The number of guanidine groups is 1. The zero-order valence-electron chi connectivity index (χ0n) is 15.9. The van der Waals surface area contributed by atoms with Crippen LogP contribution in [0.4, 0.5) is 0 Å². The Morgan fingerprint density at radius 1 is 1.04 bits per heavy atom. The third-order valence-electron chi connectivity index (χ3n) is 4.48. The highest BCUT2D eigenvalue weighted by Gasteiger charge is 2.17. The van der Waals surface area contributed by atoms with Gasteiger partial charge in [0.2, 0.25) is 5.75 Å². The van der Waals surface area contributed by atoms with Gasteiger partial charge in [0, 0.05) is 18.2 Å². The zero-order valence-corrected chi connectivity index (χ0v) is 15.9. The molecule has 1 aromatic carbocycles. The highest BCUT2D eigenvalue weighted by Crippen LogP contribution is 2.39. The number of ether oxygens (including phenoxy) is 3. The molecule has 0 amide bonds. The summed E-state index contributed by atoms with van der Waals surface area (Å²) in [5, 5.41) is 6.89. The van der Waals surface area contributed by atoms with Gasteiger partial charge in [-0.3, -0.25) is 0 Å². The van der Waals surface area contributed by atoms with E-state index in [-0.39, 0.29) is 0 Å². The first-order chi connectivity index (χ1) is 12.2. The van der Waals surface area contributed by atoms with Crippen molar-refractivity contribution in [1.82, 2.24) is 10.6 Å². The summed E-state index contributed by atoms with van der Waals surface area (Å²) in [6, 6.07) is 4.36. The van der Waals surface area contributed by atoms with E-state index in [1.54, 1.807) is 21.3 Å². The lowest BCUT2D eigenvalue weighted by atomic mass is 9.96. The van der Waals surface area contributed by atoms with Gasteiger partial charge >= 0.3 is 0 Å². The molecule has 0 radical (unpaired) electrons. The monoisotopic (exact) mass is 349 g/mol. The third kappa shape index (κ3) is 5.18. The molecule has 140 valence electrons. The fourth-order valence-corrected chi connectivity index (χ4v) is 3.21.